The van der Waals surface area contributed by atoms with Crippen LogP contribution in [-0.2, 0) is 14.3 Å². The Morgan fingerprint density at radius 3 is 2.53 bits per heavy atom. The third kappa shape index (κ3) is 4.69. The predicted molar refractivity (Wildman–Crippen MR) is 72.6 cm³/mol. The van der Waals surface area contributed by atoms with Crippen LogP contribution in [0.3, 0.4) is 0 Å². The standard InChI is InChI=1S/C15H24O4/c1-9(2)12-6-5-10(3)7-13(12)19-15(18)11(4)8-14(16)17/h9-10,12-13H,4-8H2,1-3H3,(H,16,17)/t10-,12+,13+/m1/s1. The molecule has 0 saturated heterocycles. The molecule has 1 N–H and O–H groups in total. The molecule has 1 rings (SSSR count). The van der Waals surface area contributed by atoms with Gasteiger partial charge in [-0.1, -0.05) is 33.8 Å². The lowest BCUT2D eigenvalue weighted by molar-refractivity contribution is -0.152. The van der Waals surface area contributed by atoms with Gasteiger partial charge in [0.2, 0.25) is 0 Å². The zero-order valence-corrected chi connectivity index (χ0v) is 12.0. The molecule has 4 heteroatoms. The van der Waals surface area contributed by atoms with Crippen LogP contribution in [0.1, 0.15) is 46.5 Å². The molecule has 1 aliphatic carbocycles. The van der Waals surface area contributed by atoms with Crippen LogP contribution in [-0.4, -0.2) is 23.1 Å². The number of carboxylic acids is 1. The van der Waals surface area contributed by atoms with E-state index in [2.05, 4.69) is 27.4 Å². The van der Waals surface area contributed by atoms with Crippen LogP contribution >= 0.6 is 0 Å². The number of hydrogen-bond donors (Lipinski definition) is 1. The molecule has 1 aliphatic rings. The highest BCUT2D eigenvalue weighted by molar-refractivity contribution is 5.92. The summed E-state index contributed by atoms with van der Waals surface area (Å²) in [7, 11) is 0. The average Bonchev–Trinajstić information content (AvgIpc) is 2.27. The summed E-state index contributed by atoms with van der Waals surface area (Å²) in [6.07, 6.45) is 2.61. The van der Waals surface area contributed by atoms with Gasteiger partial charge in [0.1, 0.15) is 6.10 Å². The molecular weight excluding hydrogens is 244 g/mol. The maximum Gasteiger partial charge on any atom is 0.334 e. The van der Waals surface area contributed by atoms with E-state index in [0.717, 1.165) is 19.3 Å². The van der Waals surface area contributed by atoms with Gasteiger partial charge >= 0.3 is 11.9 Å². The second-order valence-electron chi connectivity index (χ2n) is 5.94. The number of carboxylic acid groups (broad SMARTS) is 1. The highest BCUT2D eigenvalue weighted by Gasteiger charge is 2.33. The highest BCUT2D eigenvalue weighted by Crippen LogP contribution is 2.35. The fraction of sp³-hybridized carbons (Fsp3) is 0.733. The number of esters is 1. The molecular formula is C15H24O4. The number of aliphatic carboxylic acids is 1. The first kappa shape index (κ1) is 15.7. The van der Waals surface area contributed by atoms with Gasteiger partial charge in [-0.05, 0) is 30.6 Å². The summed E-state index contributed by atoms with van der Waals surface area (Å²) in [5, 5.41) is 8.65. The molecule has 0 unspecified atom stereocenters. The largest absolute Gasteiger partial charge is 0.481 e. The summed E-state index contributed by atoms with van der Waals surface area (Å²) >= 11 is 0. The van der Waals surface area contributed by atoms with E-state index in [1.165, 1.54) is 0 Å². The lowest BCUT2D eigenvalue weighted by Gasteiger charge is -2.36. The molecule has 19 heavy (non-hydrogen) atoms. The van der Waals surface area contributed by atoms with Gasteiger partial charge in [0.15, 0.2) is 0 Å². The Hall–Kier alpha value is -1.32. The summed E-state index contributed by atoms with van der Waals surface area (Å²) in [5.41, 5.74) is 0.0215. The Bertz CT molecular complexity index is 359. The molecule has 0 heterocycles. The molecule has 0 aromatic rings. The third-order valence-electron chi connectivity index (χ3n) is 3.87. The number of hydrogen-bond acceptors (Lipinski definition) is 3. The van der Waals surface area contributed by atoms with E-state index in [4.69, 9.17) is 9.84 Å². The zero-order valence-electron chi connectivity index (χ0n) is 12.0. The lowest BCUT2D eigenvalue weighted by atomic mass is 9.75. The maximum absolute atomic E-state index is 11.8. The van der Waals surface area contributed by atoms with Gasteiger partial charge in [0.25, 0.3) is 0 Å². The predicted octanol–water partition coefficient (Wildman–Crippen LogP) is 3.02. The van der Waals surface area contributed by atoms with Crippen LogP contribution in [0, 0.1) is 17.8 Å². The van der Waals surface area contributed by atoms with E-state index >= 15 is 0 Å². The van der Waals surface area contributed by atoms with Crippen LogP contribution < -0.4 is 0 Å². The first-order valence-corrected chi connectivity index (χ1v) is 6.91. The summed E-state index contributed by atoms with van der Waals surface area (Å²) in [4.78, 5) is 22.4. The topological polar surface area (TPSA) is 63.6 Å². The second kappa shape index (κ2) is 6.73. The molecule has 1 fully saturated rings. The summed E-state index contributed by atoms with van der Waals surface area (Å²) in [6, 6.07) is 0. The van der Waals surface area contributed by atoms with Crippen molar-refractivity contribution >= 4 is 11.9 Å². The molecule has 0 radical (unpaired) electrons. The van der Waals surface area contributed by atoms with Crippen molar-refractivity contribution in [1.29, 1.82) is 0 Å². The fourth-order valence-corrected chi connectivity index (χ4v) is 2.73. The third-order valence-corrected chi connectivity index (χ3v) is 3.87. The summed E-state index contributed by atoms with van der Waals surface area (Å²) in [6.45, 7) is 9.92. The van der Waals surface area contributed by atoms with Crippen LogP contribution in [0.25, 0.3) is 0 Å². The van der Waals surface area contributed by atoms with Gasteiger partial charge in [0.05, 0.1) is 6.42 Å². The van der Waals surface area contributed by atoms with Gasteiger partial charge in [-0.2, -0.15) is 0 Å². The van der Waals surface area contributed by atoms with Crippen LogP contribution in [0.2, 0.25) is 0 Å². The molecule has 0 amide bonds. The van der Waals surface area contributed by atoms with E-state index in [-0.39, 0.29) is 18.1 Å². The number of rotatable bonds is 5. The Balaban J connectivity index is 2.63. The van der Waals surface area contributed by atoms with E-state index in [1.807, 2.05) is 0 Å². The second-order valence-corrected chi connectivity index (χ2v) is 5.94. The van der Waals surface area contributed by atoms with E-state index in [0.29, 0.717) is 17.8 Å². The Morgan fingerprint density at radius 2 is 2.00 bits per heavy atom. The van der Waals surface area contributed by atoms with Crippen LogP contribution in [0.15, 0.2) is 12.2 Å². The number of ether oxygens (including phenoxy) is 1. The first-order chi connectivity index (χ1) is 8.81. The quantitative estimate of drug-likeness (QED) is 0.615. The van der Waals surface area contributed by atoms with Gasteiger partial charge in [0, 0.05) is 5.57 Å². The first-order valence-electron chi connectivity index (χ1n) is 6.91. The van der Waals surface area contributed by atoms with Crippen molar-refractivity contribution in [3.8, 4) is 0 Å². The monoisotopic (exact) mass is 268 g/mol. The average molecular weight is 268 g/mol. The molecule has 0 bridgehead atoms. The molecule has 0 aliphatic heterocycles. The van der Waals surface area contributed by atoms with E-state index in [1.54, 1.807) is 0 Å². The van der Waals surface area contributed by atoms with Crippen molar-refractivity contribution in [2.75, 3.05) is 0 Å². The Labute approximate surface area is 114 Å². The molecule has 1 saturated carbocycles. The minimum absolute atomic E-state index is 0.0215. The zero-order chi connectivity index (χ0) is 14.6. The van der Waals surface area contributed by atoms with E-state index in [9.17, 15) is 9.59 Å². The SMILES string of the molecule is C=C(CC(=O)O)C(=O)O[C@H]1C[C@H](C)CC[C@H]1C(C)C. The highest BCUT2D eigenvalue weighted by atomic mass is 16.5. The summed E-state index contributed by atoms with van der Waals surface area (Å²) < 4.78 is 5.50. The van der Waals surface area contributed by atoms with Gasteiger partial charge in [-0.25, -0.2) is 4.79 Å². The molecule has 0 spiro atoms. The van der Waals surface area contributed by atoms with Crippen molar-refractivity contribution in [1.82, 2.24) is 0 Å². The Morgan fingerprint density at radius 1 is 1.37 bits per heavy atom. The Kier molecular flexibility index (Phi) is 5.58. The molecule has 0 aromatic carbocycles. The van der Waals surface area contributed by atoms with Crippen LogP contribution in [0.4, 0.5) is 0 Å². The van der Waals surface area contributed by atoms with Crippen molar-refractivity contribution < 1.29 is 19.4 Å². The number of carbonyl (C=O) groups is 2. The smallest absolute Gasteiger partial charge is 0.334 e. The van der Waals surface area contributed by atoms with Crippen molar-refractivity contribution in [2.24, 2.45) is 17.8 Å². The van der Waals surface area contributed by atoms with Gasteiger partial charge in [-0.15, -0.1) is 0 Å². The van der Waals surface area contributed by atoms with Gasteiger partial charge in [-0.3, -0.25) is 4.79 Å². The fourth-order valence-electron chi connectivity index (χ4n) is 2.73. The van der Waals surface area contributed by atoms with Crippen molar-refractivity contribution in [3.05, 3.63) is 12.2 Å². The minimum atomic E-state index is -1.06. The normalized spacial score (nSPS) is 27.1. The molecule has 4 nitrogen and oxygen atoms in total. The van der Waals surface area contributed by atoms with Crippen molar-refractivity contribution in [2.45, 2.75) is 52.6 Å². The molecule has 3 atom stereocenters. The maximum atomic E-state index is 11.8. The number of carbonyl (C=O) groups excluding carboxylic acids is 1. The molecule has 108 valence electrons. The van der Waals surface area contributed by atoms with E-state index < -0.39 is 11.9 Å². The van der Waals surface area contributed by atoms with Gasteiger partial charge < -0.3 is 9.84 Å². The lowest BCUT2D eigenvalue weighted by Crippen LogP contribution is -2.36. The van der Waals surface area contributed by atoms with Crippen LogP contribution in [0.5, 0.6) is 0 Å². The summed E-state index contributed by atoms with van der Waals surface area (Å²) in [5.74, 6) is -0.261. The molecule has 0 aromatic heterocycles. The van der Waals surface area contributed by atoms with Crippen molar-refractivity contribution in [3.63, 3.8) is 0 Å². The minimum Gasteiger partial charge on any atom is -0.481 e.